The maximum atomic E-state index is 10.4. The monoisotopic (exact) mass is 204 g/mol. The molecule has 0 bridgehead atoms. The van der Waals surface area contributed by atoms with Gasteiger partial charge in [0.2, 0.25) is 5.91 Å². The van der Waals surface area contributed by atoms with Gasteiger partial charge in [-0.15, -0.1) is 0 Å². The second-order valence-corrected chi connectivity index (χ2v) is 3.04. The fraction of sp³-hybridized carbons (Fsp3) is 0.300. The van der Waals surface area contributed by atoms with Crippen LogP contribution in [0.4, 0.5) is 5.82 Å². The van der Waals surface area contributed by atoms with Crippen LogP contribution in [0.2, 0.25) is 0 Å². The molecule has 3 N–H and O–H groups in total. The van der Waals surface area contributed by atoms with E-state index in [1.54, 1.807) is 12.1 Å². The second kappa shape index (κ2) is 5.60. The molecule has 0 fully saturated rings. The van der Waals surface area contributed by atoms with Gasteiger partial charge >= 0.3 is 0 Å². The van der Waals surface area contributed by atoms with Crippen LogP contribution in [0.25, 0.3) is 0 Å². The molecule has 0 spiro atoms. The fourth-order valence-electron chi connectivity index (χ4n) is 1.04. The predicted molar refractivity (Wildman–Crippen MR) is 55.9 cm³/mol. The number of amides is 1. The highest BCUT2D eigenvalue weighted by atomic mass is 16.1. The zero-order valence-corrected chi connectivity index (χ0v) is 8.23. The van der Waals surface area contributed by atoms with E-state index in [9.17, 15) is 4.79 Å². The van der Waals surface area contributed by atoms with Crippen molar-refractivity contribution in [2.24, 2.45) is 5.73 Å². The maximum Gasteiger partial charge on any atom is 0.217 e. The van der Waals surface area contributed by atoms with Gasteiger partial charge in [-0.2, -0.15) is 5.26 Å². The van der Waals surface area contributed by atoms with Gasteiger partial charge in [0.1, 0.15) is 11.9 Å². The van der Waals surface area contributed by atoms with E-state index in [1.165, 1.54) is 6.20 Å². The first-order valence-corrected chi connectivity index (χ1v) is 4.60. The number of carbonyl (C=O) groups excluding carboxylic acids is 1. The highest BCUT2D eigenvalue weighted by Gasteiger charge is 1.96. The number of nitrogens with zero attached hydrogens (tertiary/aromatic N) is 2. The zero-order chi connectivity index (χ0) is 11.1. The molecule has 0 aliphatic carbocycles. The summed E-state index contributed by atoms with van der Waals surface area (Å²) >= 11 is 0. The van der Waals surface area contributed by atoms with E-state index >= 15 is 0 Å². The first kappa shape index (κ1) is 11.0. The molecular weight excluding hydrogens is 192 g/mol. The van der Waals surface area contributed by atoms with Crippen molar-refractivity contribution in [1.29, 1.82) is 5.26 Å². The Balaban J connectivity index is 2.32. The van der Waals surface area contributed by atoms with Crippen LogP contribution in [0.5, 0.6) is 0 Å². The minimum absolute atomic E-state index is 0.301. The predicted octanol–water partition coefficient (Wildman–Crippen LogP) is 0.631. The summed E-state index contributed by atoms with van der Waals surface area (Å²) in [6.07, 6.45) is 2.54. The van der Waals surface area contributed by atoms with Gasteiger partial charge in [0.25, 0.3) is 0 Å². The maximum absolute atomic E-state index is 10.4. The van der Waals surface area contributed by atoms with E-state index in [4.69, 9.17) is 11.0 Å². The summed E-state index contributed by atoms with van der Waals surface area (Å²) in [4.78, 5) is 14.5. The van der Waals surface area contributed by atoms with E-state index in [0.29, 0.717) is 30.8 Å². The van der Waals surface area contributed by atoms with Crippen molar-refractivity contribution >= 4 is 11.7 Å². The minimum Gasteiger partial charge on any atom is -0.370 e. The van der Waals surface area contributed by atoms with E-state index in [-0.39, 0.29) is 5.91 Å². The Labute approximate surface area is 87.9 Å². The van der Waals surface area contributed by atoms with Crippen molar-refractivity contribution in [3.8, 4) is 6.07 Å². The third-order valence-electron chi connectivity index (χ3n) is 1.80. The molecule has 15 heavy (non-hydrogen) atoms. The molecule has 5 nitrogen and oxygen atoms in total. The molecule has 0 radical (unpaired) electrons. The average Bonchev–Trinajstić information content (AvgIpc) is 2.25. The number of hydrogen-bond acceptors (Lipinski definition) is 4. The Kier molecular flexibility index (Phi) is 4.10. The van der Waals surface area contributed by atoms with Gasteiger partial charge in [-0.05, 0) is 18.6 Å². The molecule has 0 aliphatic rings. The zero-order valence-electron chi connectivity index (χ0n) is 8.23. The highest BCUT2D eigenvalue weighted by Crippen LogP contribution is 2.03. The van der Waals surface area contributed by atoms with E-state index < -0.39 is 0 Å². The van der Waals surface area contributed by atoms with Gasteiger partial charge in [0, 0.05) is 19.2 Å². The Bertz CT molecular complexity index is 366. The molecule has 0 aromatic carbocycles. The van der Waals surface area contributed by atoms with E-state index in [0.717, 1.165) is 0 Å². The third kappa shape index (κ3) is 4.09. The van der Waals surface area contributed by atoms with Crippen molar-refractivity contribution in [2.75, 3.05) is 11.9 Å². The quantitative estimate of drug-likeness (QED) is 0.688. The van der Waals surface area contributed by atoms with Crippen LogP contribution in [0.1, 0.15) is 18.4 Å². The largest absolute Gasteiger partial charge is 0.370 e. The Morgan fingerprint density at radius 2 is 2.40 bits per heavy atom. The molecule has 1 aromatic rings. The van der Waals surface area contributed by atoms with Gasteiger partial charge in [-0.3, -0.25) is 4.79 Å². The Morgan fingerprint density at radius 3 is 2.93 bits per heavy atom. The standard InChI is InChI=1S/C10H12N4O/c11-6-8-3-4-10(14-7-8)13-5-1-2-9(12)15/h3-4,7H,1-2,5H2,(H2,12,15)(H,13,14). The summed E-state index contributed by atoms with van der Waals surface area (Å²) < 4.78 is 0. The molecule has 5 heteroatoms. The van der Waals surface area contributed by atoms with Gasteiger partial charge in [-0.1, -0.05) is 0 Å². The van der Waals surface area contributed by atoms with Gasteiger partial charge in [-0.25, -0.2) is 4.98 Å². The number of aromatic nitrogens is 1. The third-order valence-corrected chi connectivity index (χ3v) is 1.80. The van der Waals surface area contributed by atoms with Crippen LogP contribution in [0.15, 0.2) is 18.3 Å². The lowest BCUT2D eigenvalue weighted by molar-refractivity contribution is -0.118. The van der Waals surface area contributed by atoms with Crippen LogP contribution in [-0.4, -0.2) is 17.4 Å². The number of carbonyl (C=O) groups is 1. The normalized spacial score (nSPS) is 9.27. The van der Waals surface area contributed by atoms with Crippen molar-refractivity contribution in [1.82, 2.24) is 4.98 Å². The number of nitriles is 1. The number of primary amides is 1. The number of nitrogens with one attached hydrogen (secondary N) is 1. The van der Waals surface area contributed by atoms with E-state index in [2.05, 4.69) is 10.3 Å². The summed E-state index contributed by atoms with van der Waals surface area (Å²) in [5.74, 6) is 0.392. The fourth-order valence-corrected chi connectivity index (χ4v) is 1.04. The van der Waals surface area contributed by atoms with Crippen molar-refractivity contribution in [2.45, 2.75) is 12.8 Å². The molecule has 1 rings (SSSR count). The van der Waals surface area contributed by atoms with Gasteiger partial charge in [0.15, 0.2) is 0 Å². The molecule has 1 aromatic heterocycles. The van der Waals surface area contributed by atoms with Crippen molar-refractivity contribution < 1.29 is 4.79 Å². The number of hydrogen-bond donors (Lipinski definition) is 2. The lowest BCUT2D eigenvalue weighted by atomic mass is 10.3. The molecule has 0 saturated carbocycles. The summed E-state index contributed by atoms with van der Waals surface area (Å²) in [6.45, 7) is 0.641. The second-order valence-electron chi connectivity index (χ2n) is 3.04. The molecule has 0 saturated heterocycles. The summed E-state index contributed by atoms with van der Waals surface area (Å²) in [7, 11) is 0. The lowest BCUT2D eigenvalue weighted by Crippen LogP contribution is -2.12. The smallest absolute Gasteiger partial charge is 0.217 e. The van der Waals surface area contributed by atoms with Crippen LogP contribution >= 0.6 is 0 Å². The van der Waals surface area contributed by atoms with Crippen LogP contribution < -0.4 is 11.1 Å². The summed E-state index contributed by atoms with van der Waals surface area (Å²) in [5.41, 5.74) is 5.52. The van der Waals surface area contributed by atoms with Gasteiger partial charge in [0.05, 0.1) is 5.56 Å². The summed E-state index contributed by atoms with van der Waals surface area (Å²) in [5, 5.41) is 11.6. The molecule has 78 valence electrons. The van der Waals surface area contributed by atoms with Gasteiger partial charge < -0.3 is 11.1 Å². The SMILES string of the molecule is N#Cc1ccc(NCCCC(N)=O)nc1. The average molecular weight is 204 g/mol. The number of nitrogens with two attached hydrogens (primary N) is 1. The molecule has 1 amide bonds. The van der Waals surface area contributed by atoms with Crippen LogP contribution in [0.3, 0.4) is 0 Å². The summed E-state index contributed by atoms with van der Waals surface area (Å²) in [6, 6.07) is 5.39. The van der Waals surface area contributed by atoms with Crippen molar-refractivity contribution in [3.63, 3.8) is 0 Å². The van der Waals surface area contributed by atoms with Crippen LogP contribution in [-0.2, 0) is 4.79 Å². The van der Waals surface area contributed by atoms with Crippen molar-refractivity contribution in [3.05, 3.63) is 23.9 Å². The Hall–Kier alpha value is -2.09. The number of pyridine rings is 1. The minimum atomic E-state index is -0.301. The molecule has 0 aliphatic heterocycles. The molecule has 1 heterocycles. The molecule has 0 unspecified atom stereocenters. The Morgan fingerprint density at radius 1 is 1.60 bits per heavy atom. The number of rotatable bonds is 5. The first-order chi connectivity index (χ1) is 7.22. The van der Waals surface area contributed by atoms with E-state index in [1.807, 2.05) is 6.07 Å². The first-order valence-electron chi connectivity index (χ1n) is 4.60. The van der Waals surface area contributed by atoms with Crippen LogP contribution in [0, 0.1) is 11.3 Å². The highest BCUT2D eigenvalue weighted by molar-refractivity contribution is 5.73. The topological polar surface area (TPSA) is 91.8 Å². The molecular formula is C10H12N4O. The number of anilines is 1. The lowest BCUT2D eigenvalue weighted by Gasteiger charge is -2.03. The molecule has 0 atom stereocenters.